The quantitative estimate of drug-likeness (QED) is 0.845. The van der Waals surface area contributed by atoms with E-state index in [0.29, 0.717) is 24.2 Å². The van der Waals surface area contributed by atoms with Crippen molar-refractivity contribution in [3.05, 3.63) is 35.0 Å². The lowest BCUT2D eigenvalue weighted by Gasteiger charge is -2.20. The zero-order chi connectivity index (χ0) is 15.0. The minimum atomic E-state index is 0.0541. The van der Waals surface area contributed by atoms with E-state index in [9.17, 15) is 9.59 Å². The molecule has 0 radical (unpaired) electrons. The highest BCUT2D eigenvalue weighted by atomic mass is 16.1. The number of nitriles is 1. The van der Waals surface area contributed by atoms with Crippen LogP contribution in [0.4, 0.5) is 0 Å². The highest BCUT2D eigenvalue weighted by Gasteiger charge is 2.30. The number of amides is 1. The molecule has 106 valence electrons. The minimum absolute atomic E-state index is 0.0541. The van der Waals surface area contributed by atoms with Crippen molar-refractivity contribution in [1.82, 2.24) is 10.3 Å². The number of rotatable bonds is 3. The number of H-pyrrole nitrogens is 1. The van der Waals surface area contributed by atoms with Gasteiger partial charge in [0.25, 0.3) is 0 Å². The standard InChI is InChI=1S/C16H15N3O2/c1-9(11-4-15(21)18-7-11)16-10(8-20)2-3-14-13(16)5-12(6-17)19-14/h2-3,5,8-9,11,19H,4,7H2,1H3,(H,18,21)/t9?,11-/m0/s1. The van der Waals surface area contributed by atoms with Gasteiger partial charge in [-0.3, -0.25) is 9.59 Å². The molecule has 2 aromatic rings. The molecule has 0 aliphatic carbocycles. The molecular formula is C16H15N3O2. The third-order valence-corrected chi connectivity index (χ3v) is 4.30. The molecule has 1 unspecified atom stereocenters. The number of benzene rings is 1. The first-order valence-corrected chi connectivity index (χ1v) is 6.91. The van der Waals surface area contributed by atoms with E-state index >= 15 is 0 Å². The van der Waals surface area contributed by atoms with Crippen molar-refractivity contribution in [3.8, 4) is 6.07 Å². The van der Waals surface area contributed by atoms with Crippen molar-refractivity contribution in [2.24, 2.45) is 5.92 Å². The smallest absolute Gasteiger partial charge is 0.220 e. The van der Waals surface area contributed by atoms with Gasteiger partial charge in [0.1, 0.15) is 18.0 Å². The third kappa shape index (κ3) is 2.19. The maximum atomic E-state index is 11.4. The summed E-state index contributed by atoms with van der Waals surface area (Å²) in [7, 11) is 0. The van der Waals surface area contributed by atoms with Gasteiger partial charge in [-0.1, -0.05) is 6.92 Å². The van der Waals surface area contributed by atoms with Gasteiger partial charge in [0, 0.05) is 29.4 Å². The molecule has 1 aliphatic rings. The van der Waals surface area contributed by atoms with Crippen LogP contribution in [0.2, 0.25) is 0 Å². The van der Waals surface area contributed by atoms with E-state index in [-0.39, 0.29) is 17.7 Å². The summed E-state index contributed by atoms with van der Waals surface area (Å²) in [6.45, 7) is 2.66. The predicted molar refractivity (Wildman–Crippen MR) is 77.9 cm³/mol. The average molecular weight is 281 g/mol. The summed E-state index contributed by atoms with van der Waals surface area (Å²) < 4.78 is 0. The molecule has 0 saturated carbocycles. The lowest BCUT2D eigenvalue weighted by atomic mass is 9.83. The molecule has 0 spiro atoms. The van der Waals surface area contributed by atoms with E-state index in [1.54, 1.807) is 12.1 Å². The first-order chi connectivity index (χ1) is 10.1. The van der Waals surface area contributed by atoms with Crippen LogP contribution in [0.3, 0.4) is 0 Å². The fourth-order valence-corrected chi connectivity index (χ4v) is 3.13. The summed E-state index contributed by atoms with van der Waals surface area (Å²) in [5.41, 5.74) is 2.86. The van der Waals surface area contributed by atoms with Crippen molar-refractivity contribution in [1.29, 1.82) is 5.26 Å². The summed E-state index contributed by atoms with van der Waals surface area (Å²) in [4.78, 5) is 25.8. The van der Waals surface area contributed by atoms with Crippen molar-refractivity contribution >= 4 is 23.1 Å². The highest BCUT2D eigenvalue weighted by Crippen LogP contribution is 2.35. The fourth-order valence-electron chi connectivity index (χ4n) is 3.13. The maximum absolute atomic E-state index is 11.4. The normalized spacial score (nSPS) is 19.2. The van der Waals surface area contributed by atoms with Gasteiger partial charge < -0.3 is 10.3 Å². The Hall–Kier alpha value is -2.61. The second-order valence-electron chi connectivity index (χ2n) is 5.50. The van der Waals surface area contributed by atoms with E-state index in [1.165, 1.54) is 0 Å². The Balaban J connectivity index is 2.14. The van der Waals surface area contributed by atoms with Gasteiger partial charge in [-0.15, -0.1) is 0 Å². The Morgan fingerprint density at radius 1 is 1.48 bits per heavy atom. The van der Waals surface area contributed by atoms with Crippen LogP contribution >= 0.6 is 0 Å². The van der Waals surface area contributed by atoms with E-state index in [0.717, 1.165) is 22.8 Å². The number of fused-ring (bicyclic) bond motifs is 1. The molecule has 21 heavy (non-hydrogen) atoms. The van der Waals surface area contributed by atoms with Crippen molar-refractivity contribution < 1.29 is 9.59 Å². The number of carbonyl (C=O) groups excluding carboxylic acids is 2. The Morgan fingerprint density at radius 3 is 2.90 bits per heavy atom. The number of carbonyl (C=O) groups is 2. The Morgan fingerprint density at radius 2 is 2.29 bits per heavy atom. The zero-order valence-corrected chi connectivity index (χ0v) is 11.6. The summed E-state index contributed by atoms with van der Waals surface area (Å²) in [5, 5.41) is 12.8. The minimum Gasteiger partial charge on any atom is -0.356 e. The van der Waals surface area contributed by atoms with Gasteiger partial charge in [0.2, 0.25) is 5.91 Å². The van der Waals surface area contributed by atoms with E-state index in [2.05, 4.69) is 16.4 Å². The lowest BCUT2D eigenvalue weighted by Crippen LogP contribution is -2.16. The number of hydrogen-bond donors (Lipinski definition) is 2. The van der Waals surface area contributed by atoms with Gasteiger partial charge in [-0.25, -0.2) is 0 Å². The van der Waals surface area contributed by atoms with Crippen LogP contribution in [0.5, 0.6) is 0 Å². The van der Waals surface area contributed by atoms with E-state index in [1.807, 2.05) is 13.0 Å². The number of aromatic amines is 1. The number of hydrogen-bond acceptors (Lipinski definition) is 3. The summed E-state index contributed by atoms with van der Waals surface area (Å²) >= 11 is 0. The molecule has 2 atom stereocenters. The first kappa shape index (κ1) is 13.4. The number of nitrogens with one attached hydrogen (secondary N) is 2. The fraction of sp³-hybridized carbons (Fsp3) is 0.312. The van der Waals surface area contributed by atoms with Crippen LogP contribution in [-0.2, 0) is 4.79 Å². The van der Waals surface area contributed by atoms with E-state index in [4.69, 9.17) is 5.26 Å². The molecule has 3 rings (SSSR count). The monoisotopic (exact) mass is 281 g/mol. The van der Waals surface area contributed by atoms with Crippen LogP contribution in [0.25, 0.3) is 10.9 Å². The van der Waals surface area contributed by atoms with Gasteiger partial charge in [-0.05, 0) is 35.6 Å². The summed E-state index contributed by atoms with van der Waals surface area (Å²) in [6, 6.07) is 7.44. The van der Waals surface area contributed by atoms with Gasteiger partial charge in [-0.2, -0.15) is 5.26 Å². The molecule has 1 amide bonds. The van der Waals surface area contributed by atoms with Crippen molar-refractivity contribution in [3.63, 3.8) is 0 Å². The Kier molecular flexibility index (Phi) is 3.22. The molecule has 0 bridgehead atoms. The highest BCUT2D eigenvalue weighted by molar-refractivity contribution is 5.93. The van der Waals surface area contributed by atoms with Crippen molar-refractivity contribution in [2.45, 2.75) is 19.3 Å². The Bertz CT molecular complexity index is 770. The number of aldehydes is 1. The van der Waals surface area contributed by atoms with Gasteiger partial charge in [0.05, 0.1) is 0 Å². The van der Waals surface area contributed by atoms with Crippen LogP contribution < -0.4 is 5.32 Å². The average Bonchev–Trinajstić information content (AvgIpc) is 3.10. The molecule has 5 heteroatoms. The van der Waals surface area contributed by atoms with Crippen LogP contribution in [0.1, 0.15) is 40.9 Å². The maximum Gasteiger partial charge on any atom is 0.220 e. The largest absolute Gasteiger partial charge is 0.356 e. The molecule has 2 heterocycles. The second kappa shape index (κ2) is 5.06. The van der Waals surface area contributed by atoms with Gasteiger partial charge in [0.15, 0.2) is 0 Å². The molecular weight excluding hydrogens is 266 g/mol. The topological polar surface area (TPSA) is 85.8 Å². The molecule has 1 aliphatic heterocycles. The van der Waals surface area contributed by atoms with Crippen LogP contribution in [-0.4, -0.2) is 23.7 Å². The third-order valence-electron chi connectivity index (χ3n) is 4.30. The number of aromatic nitrogens is 1. The zero-order valence-electron chi connectivity index (χ0n) is 11.6. The number of nitrogens with zero attached hydrogens (tertiary/aromatic N) is 1. The summed E-state index contributed by atoms with van der Waals surface area (Å²) in [6.07, 6.45) is 1.32. The molecule has 1 saturated heterocycles. The Labute approximate surface area is 122 Å². The molecule has 2 N–H and O–H groups in total. The predicted octanol–water partition coefficient (Wildman–Crippen LogP) is 2.09. The second-order valence-corrected chi connectivity index (χ2v) is 5.50. The first-order valence-electron chi connectivity index (χ1n) is 6.91. The summed E-state index contributed by atoms with van der Waals surface area (Å²) in [5.74, 6) is 0.288. The molecule has 1 fully saturated rings. The van der Waals surface area contributed by atoms with Crippen LogP contribution in [0, 0.1) is 17.2 Å². The van der Waals surface area contributed by atoms with Gasteiger partial charge >= 0.3 is 0 Å². The molecule has 1 aromatic carbocycles. The van der Waals surface area contributed by atoms with E-state index < -0.39 is 0 Å². The van der Waals surface area contributed by atoms with Crippen molar-refractivity contribution in [2.75, 3.05) is 6.54 Å². The van der Waals surface area contributed by atoms with Crippen LogP contribution in [0.15, 0.2) is 18.2 Å². The molecule has 1 aromatic heterocycles. The SMILES string of the molecule is CC(c1c(C=O)ccc2[nH]c(C#N)cc12)[C@@H]1CNC(=O)C1. The molecule has 5 nitrogen and oxygen atoms in total. The lowest BCUT2D eigenvalue weighted by molar-refractivity contribution is -0.119.